The van der Waals surface area contributed by atoms with Gasteiger partial charge in [0.15, 0.2) is 5.96 Å². The van der Waals surface area contributed by atoms with Gasteiger partial charge in [-0.25, -0.2) is 13.8 Å². The van der Waals surface area contributed by atoms with Crippen molar-refractivity contribution in [3.8, 4) is 5.75 Å². The fourth-order valence-electron chi connectivity index (χ4n) is 2.42. The summed E-state index contributed by atoms with van der Waals surface area (Å²) in [5, 5.41) is 6.32. The van der Waals surface area contributed by atoms with E-state index < -0.39 is 11.6 Å². The fraction of sp³-hybridized carbons (Fsp3) is 0.316. The number of nitrogens with zero attached hydrogens (tertiary/aromatic N) is 1. The Labute approximate surface area is 170 Å². The van der Waals surface area contributed by atoms with E-state index in [4.69, 9.17) is 4.74 Å². The van der Waals surface area contributed by atoms with Crippen LogP contribution in [0, 0.1) is 11.6 Å². The Bertz CT molecular complexity index is 705. The summed E-state index contributed by atoms with van der Waals surface area (Å²) in [7, 11) is 1.63. The Morgan fingerprint density at radius 1 is 1.08 bits per heavy atom. The summed E-state index contributed by atoms with van der Waals surface area (Å²) in [5.41, 5.74) is 1.58. The predicted molar refractivity (Wildman–Crippen MR) is 111 cm³/mol. The van der Waals surface area contributed by atoms with Crippen LogP contribution in [-0.4, -0.2) is 26.2 Å². The van der Waals surface area contributed by atoms with Gasteiger partial charge in [-0.3, -0.25) is 0 Å². The molecule has 0 spiro atoms. The number of benzene rings is 2. The number of hydrogen-bond donors (Lipinski definition) is 2. The van der Waals surface area contributed by atoms with Crippen molar-refractivity contribution in [2.45, 2.75) is 19.9 Å². The lowest BCUT2D eigenvalue weighted by Crippen LogP contribution is -2.38. The first-order valence-electron chi connectivity index (χ1n) is 8.21. The Morgan fingerprint density at radius 2 is 1.77 bits per heavy atom. The minimum absolute atomic E-state index is 0. The fourth-order valence-corrected chi connectivity index (χ4v) is 2.42. The Balaban J connectivity index is 0.00000338. The van der Waals surface area contributed by atoms with Crippen molar-refractivity contribution in [3.05, 3.63) is 65.2 Å². The highest BCUT2D eigenvalue weighted by Gasteiger charge is 2.04. The van der Waals surface area contributed by atoms with E-state index in [2.05, 4.69) is 15.6 Å². The molecule has 0 radical (unpaired) electrons. The molecule has 0 bridgehead atoms. The molecule has 0 aromatic heterocycles. The third-order valence-corrected chi connectivity index (χ3v) is 3.57. The van der Waals surface area contributed by atoms with Crippen LogP contribution in [-0.2, 0) is 13.0 Å². The number of guanidine groups is 1. The maximum atomic E-state index is 13.2. The number of aliphatic imine (C=N–C) groups is 1. The first-order valence-corrected chi connectivity index (χ1v) is 8.21. The molecule has 2 N–H and O–H groups in total. The Morgan fingerprint density at radius 3 is 2.42 bits per heavy atom. The molecule has 2 aromatic rings. The normalized spacial score (nSPS) is 10.8. The lowest BCUT2D eigenvalue weighted by Gasteiger charge is -2.12. The maximum Gasteiger partial charge on any atom is 0.191 e. The molecule has 0 aliphatic rings. The van der Waals surface area contributed by atoms with E-state index in [9.17, 15) is 8.78 Å². The van der Waals surface area contributed by atoms with Crippen molar-refractivity contribution in [3.63, 3.8) is 0 Å². The van der Waals surface area contributed by atoms with Crippen LogP contribution in [0.3, 0.4) is 0 Å². The monoisotopic (exact) mass is 475 g/mol. The summed E-state index contributed by atoms with van der Waals surface area (Å²) in [4.78, 5) is 4.52. The topological polar surface area (TPSA) is 45.7 Å². The van der Waals surface area contributed by atoms with Crippen molar-refractivity contribution < 1.29 is 13.5 Å². The van der Waals surface area contributed by atoms with E-state index in [-0.39, 0.29) is 24.0 Å². The van der Waals surface area contributed by atoms with Crippen molar-refractivity contribution in [1.82, 2.24) is 10.6 Å². The van der Waals surface area contributed by atoms with E-state index in [0.29, 0.717) is 37.6 Å². The van der Waals surface area contributed by atoms with Crippen LogP contribution in [0.2, 0.25) is 0 Å². The summed E-state index contributed by atoms with van der Waals surface area (Å²) in [6.45, 7) is 3.67. The minimum Gasteiger partial charge on any atom is -0.496 e. The minimum atomic E-state index is -0.563. The molecule has 0 aliphatic heterocycles. The molecule has 0 saturated heterocycles. The second-order valence-electron chi connectivity index (χ2n) is 5.46. The van der Waals surface area contributed by atoms with Crippen molar-refractivity contribution in [2.75, 3.05) is 20.2 Å². The molecule has 2 rings (SSSR count). The van der Waals surface area contributed by atoms with Crippen LogP contribution >= 0.6 is 24.0 Å². The molecule has 4 nitrogen and oxygen atoms in total. The van der Waals surface area contributed by atoms with Gasteiger partial charge in [0, 0.05) is 24.7 Å². The number of para-hydroxylation sites is 1. The van der Waals surface area contributed by atoms with Crippen LogP contribution < -0.4 is 15.4 Å². The first-order chi connectivity index (χ1) is 12.1. The molecular weight excluding hydrogens is 451 g/mol. The molecule has 0 atom stereocenters. The van der Waals surface area contributed by atoms with E-state index in [1.54, 1.807) is 7.11 Å². The largest absolute Gasteiger partial charge is 0.496 e. The zero-order valence-corrected chi connectivity index (χ0v) is 17.2. The van der Waals surface area contributed by atoms with E-state index in [0.717, 1.165) is 17.4 Å². The quantitative estimate of drug-likeness (QED) is 0.363. The molecule has 0 unspecified atom stereocenters. The van der Waals surface area contributed by atoms with Crippen molar-refractivity contribution >= 4 is 29.9 Å². The molecule has 2 aromatic carbocycles. The smallest absolute Gasteiger partial charge is 0.191 e. The summed E-state index contributed by atoms with van der Waals surface area (Å²) >= 11 is 0. The van der Waals surface area contributed by atoms with Gasteiger partial charge in [-0.2, -0.15) is 0 Å². The molecule has 0 heterocycles. The van der Waals surface area contributed by atoms with Crippen molar-refractivity contribution in [2.24, 2.45) is 4.99 Å². The van der Waals surface area contributed by atoms with Gasteiger partial charge >= 0.3 is 0 Å². The number of ether oxygens (including phenoxy) is 1. The second kappa shape index (κ2) is 11.7. The first kappa shape index (κ1) is 22.1. The molecule has 0 aliphatic carbocycles. The lowest BCUT2D eigenvalue weighted by molar-refractivity contribution is 0.410. The maximum absolute atomic E-state index is 13.2. The molecular formula is C19H24F2IN3O. The third-order valence-electron chi connectivity index (χ3n) is 3.57. The number of rotatable bonds is 7. The molecule has 142 valence electrons. The number of nitrogens with one attached hydrogen (secondary N) is 2. The van der Waals surface area contributed by atoms with Crippen LogP contribution in [0.15, 0.2) is 47.5 Å². The van der Waals surface area contributed by atoms with Gasteiger partial charge in [0.25, 0.3) is 0 Å². The Hall–Kier alpha value is -1.90. The van der Waals surface area contributed by atoms with Crippen LogP contribution in [0.5, 0.6) is 5.75 Å². The van der Waals surface area contributed by atoms with E-state index >= 15 is 0 Å². The second-order valence-corrected chi connectivity index (χ2v) is 5.46. The van der Waals surface area contributed by atoms with E-state index in [1.807, 2.05) is 31.2 Å². The number of methoxy groups -OCH3 is 1. The predicted octanol–water partition coefficient (Wildman–Crippen LogP) is 3.89. The average Bonchev–Trinajstić information content (AvgIpc) is 2.59. The summed E-state index contributed by atoms with van der Waals surface area (Å²) < 4.78 is 31.7. The summed E-state index contributed by atoms with van der Waals surface area (Å²) in [6, 6.07) is 11.2. The van der Waals surface area contributed by atoms with Gasteiger partial charge in [-0.1, -0.05) is 18.2 Å². The Kier molecular flexibility index (Phi) is 9.93. The van der Waals surface area contributed by atoms with E-state index in [1.165, 1.54) is 12.1 Å². The van der Waals surface area contributed by atoms with Crippen LogP contribution in [0.4, 0.5) is 8.78 Å². The van der Waals surface area contributed by atoms with Crippen LogP contribution in [0.1, 0.15) is 18.1 Å². The molecule has 0 fully saturated rings. The summed E-state index contributed by atoms with van der Waals surface area (Å²) in [6.07, 6.45) is 0.494. The molecule has 26 heavy (non-hydrogen) atoms. The number of halogens is 3. The van der Waals surface area contributed by atoms with Gasteiger partial charge in [-0.15, -0.1) is 24.0 Å². The highest BCUT2D eigenvalue weighted by atomic mass is 127. The van der Waals surface area contributed by atoms with Gasteiger partial charge in [0.2, 0.25) is 0 Å². The zero-order valence-electron chi connectivity index (χ0n) is 14.9. The molecule has 0 amide bonds. The van der Waals surface area contributed by atoms with Gasteiger partial charge in [-0.05, 0) is 37.1 Å². The molecule has 0 saturated carbocycles. The average molecular weight is 475 g/mol. The van der Waals surface area contributed by atoms with Gasteiger partial charge in [0.05, 0.1) is 13.7 Å². The van der Waals surface area contributed by atoms with Crippen molar-refractivity contribution in [1.29, 1.82) is 0 Å². The third kappa shape index (κ3) is 7.15. The standard InChI is InChI=1S/C19H23F2N3O.HI/c1-3-22-19(24-13-15-6-4-5-7-18(15)25-2)23-9-8-14-10-16(20)12-17(21)11-14;/h4-7,10-12H,3,8-9,13H2,1-2H3,(H2,22,23,24);1H. The van der Waals surface area contributed by atoms with Gasteiger partial charge < -0.3 is 15.4 Å². The summed E-state index contributed by atoms with van der Waals surface area (Å²) in [5.74, 6) is 0.307. The zero-order chi connectivity index (χ0) is 18.1. The number of hydrogen-bond acceptors (Lipinski definition) is 2. The lowest BCUT2D eigenvalue weighted by atomic mass is 10.1. The highest BCUT2D eigenvalue weighted by molar-refractivity contribution is 14.0. The molecule has 7 heteroatoms. The SMILES string of the molecule is CCNC(=NCc1ccccc1OC)NCCc1cc(F)cc(F)c1.I. The van der Waals surface area contributed by atoms with Gasteiger partial charge in [0.1, 0.15) is 17.4 Å². The highest BCUT2D eigenvalue weighted by Crippen LogP contribution is 2.17. The van der Waals surface area contributed by atoms with Crippen LogP contribution in [0.25, 0.3) is 0 Å².